The van der Waals surface area contributed by atoms with Gasteiger partial charge in [0.15, 0.2) is 5.69 Å². The van der Waals surface area contributed by atoms with Gasteiger partial charge in [0.1, 0.15) is 0 Å². The largest absolute Gasteiger partial charge is 0.478 e. The van der Waals surface area contributed by atoms with E-state index in [2.05, 4.69) is 10.3 Å². The highest BCUT2D eigenvalue weighted by Crippen LogP contribution is 2.18. The number of nitrogens with zero attached hydrogens (tertiary/aromatic N) is 3. The van der Waals surface area contributed by atoms with E-state index in [1.54, 1.807) is 12.1 Å². The first kappa shape index (κ1) is 14.7. The van der Waals surface area contributed by atoms with Crippen molar-refractivity contribution in [3.05, 3.63) is 41.2 Å². The lowest BCUT2D eigenvalue weighted by Gasteiger charge is -2.09. The van der Waals surface area contributed by atoms with Crippen molar-refractivity contribution >= 4 is 11.9 Å². The van der Waals surface area contributed by atoms with Crippen molar-refractivity contribution in [3.8, 4) is 5.69 Å². The molecule has 0 saturated heterocycles. The molecule has 0 amide bonds. The van der Waals surface area contributed by atoms with Crippen LogP contribution in [0.2, 0.25) is 0 Å². The summed E-state index contributed by atoms with van der Waals surface area (Å²) in [4.78, 5) is 22.2. The summed E-state index contributed by atoms with van der Waals surface area (Å²) in [6.07, 6.45) is 0.478. The first-order valence-electron chi connectivity index (χ1n) is 6.41. The van der Waals surface area contributed by atoms with Gasteiger partial charge in [0, 0.05) is 0 Å². The van der Waals surface area contributed by atoms with Gasteiger partial charge in [-0.05, 0) is 30.5 Å². The average molecular weight is 289 g/mol. The number of aromatic carboxylic acids is 2. The molecule has 1 heterocycles. The number of carboxylic acids is 2. The molecule has 7 heteroatoms. The van der Waals surface area contributed by atoms with E-state index < -0.39 is 11.9 Å². The molecule has 0 unspecified atom stereocenters. The maximum Gasteiger partial charge on any atom is 0.358 e. The van der Waals surface area contributed by atoms with Crippen LogP contribution in [0, 0.1) is 5.92 Å². The van der Waals surface area contributed by atoms with E-state index in [0.29, 0.717) is 17.8 Å². The van der Waals surface area contributed by atoms with Gasteiger partial charge in [0.2, 0.25) is 0 Å². The molecule has 0 aliphatic rings. The predicted molar refractivity (Wildman–Crippen MR) is 73.8 cm³/mol. The molecule has 110 valence electrons. The van der Waals surface area contributed by atoms with Crippen LogP contribution in [0.15, 0.2) is 24.3 Å². The minimum Gasteiger partial charge on any atom is -0.478 e. The molecule has 21 heavy (non-hydrogen) atoms. The van der Waals surface area contributed by atoms with Crippen LogP contribution in [0.3, 0.4) is 0 Å². The zero-order valence-corrected chi connectivity index (χ0v) is 11.6. The molecule has 0 radical (unpaired) electrons. The summed E-state index contributed by atoms with van der Waals surface area (Å²) in [6.45, 7) is 3.91. The van der Waals surface area contributed by atoms with Crippen molar-refractivity contribution in [2.45, 2.75) is 20.3 Å². The van der Waals surface area contributed by atoms with E-state index in [9.17, 15) is 14.7 Å². The van der Waals surface area contributed by atoms with Crippen LogP contribution in [-0.2, 0) is 6.42 Å². The molecule has 0 bridgehead atoms. The Balaban J connectivity index is 2.55. The number of rotatable bonds is 5. The molecule has 7 nitrogen and oxygen atoms in total. The summed E-state index contributed by atoms with van der Waals surface area (Å²) in [5.74, 6) is -1.99. The van der Waals surface area contributed by atoms with E-state index in [1.165, 1.54) is 16.8 Å². The third-order valence-electron chi connectivity index (χ3n) is 2.91. The van der Waals surface area contributed by atoms with Crippen LogP contribution in [-0.4, -0.2) is 37.1 Å². The van der Waals surface area contributed by atoms with E-state index in [4.69, 9.17) is 5.11 Å². The van der Waals surface area contributed by atoms with Crippen molar-refractivity contribution < 1.29 is 19.8 Å². The molecule has 1 aromatic carbocycles. The zero-order valence-electron chi connectivity index (χ0n) is 11.6. The maximum absolute atomic E-state index is 11.2. The van der Waals surface area contributed by atoms with E-state index >= 15 is 0 Å². The lowest BCUT2D eigenvalue weighted by molar-refractivity contribution is 0.0681. The first-order valence-corrected chi connectivity index (χ1v) is 6.41. The number of hydrogen-bond donors (Lipinski definition) is 2. The molecule has 0 aliphatic carbocycles. The molecule has 0 saturated carbocycles. The smallest absolute Gasteiger partial charge is 0.358 e. The number of carboxylic acid groups (broad SMARTS) is 2. The third kappa shape index (κ3) is 3.07. The van der Waals surface area contributed by atoms with Crippen LogP contribution in [0.4, 0.5) is 0 Å². The Bertz CT molecular complexity index is 691. The summed E-state index contributed by atoms with van der Waals surface area (Å²) in [6, 6.07) is 6.14. The second-order valence-electron chi connectivity index (χ2n) is 5.06. The average Bonchev–Trinajstić information content (AvgIpc) is 2.81. The van der Waals surface area contributed by atoms with Crippen molar-refractivity contribution in [2.24, 2.45) is 5.92 Å². The molecule has 2 N–H and O–H groups in total. The topological polar surface area (TPSA) is 105 Å². The monoisotopic (exact) mass is 289 g/mol. The lowest BCUT2D eigenvalue weighted by atomic mass is 10.1. The molecule has 0 spiro atoms. The zero-order chi connectivity index (χ0) is 15.6. The lowest BCUT2D eigenvalue weighted by Crippen LogP contribution is -2.10. The molecule has 2 rings (SSSR count). The third-order valence-corrected chi connectivity index (χ3v) is 2.91. The van der Waals surface area contributed by atoms with Crippen LogP contribution >= 0.6 is 0 Å². The van der Waals surface area contributed by atoms with Crippen LogP contribution in [0.25, 0.3) is 5.69 Å². The maximum atomic E-state index is 11.2. The predicted octanol–water partition coefficient (Wildman–Crippen LogP) is 1.86. The first-order chi connectivity index (χ1) is 9.90. The summed E-state index contributed by atoms with van der Waals surface area (Å²) in [7, 11) is 0. The number of benzene rings is 1. The van der Waals surface area contributed by atoms with Gasteiger partial charge in [-0.2, -0.15) is 0 Å². The Morgan fingerprint density at radius 3 is 2.52 bits per heavy atom. The van der Waals surface area contributed by atoms with Gasteiger partial charge in [-0.3, -0.25) is 0 Å². The van der Waals surface area contributed by atoms with Crippen LogP contribution in [0.5, 0.6) is 0 Å². The number of carbonyl (C=O) groups is 2. The minimum absolute atomic E-state index is 0.107. The number of aromatic nitrogens is 3. The van der Waals surface area contributed by atoms with E-state index in [0.717, 1.165) is 0 Å². The summed E-state index contributed by atoms with van der Waals surface area (Å²) < 4.78 is 1.38. The Hall–Kier alpha value is -2.70. The summed E-state index contributed by atoms with van der Waals surface area (Å²) in [5, 5.41) is 25.7. The Labute approximate surface area is 120 Å². The highest BCUT2D eigenvalue weighted by Gasteiger charge is 2.21. The van der Waals surface area contributed by atoms with E-state index in [-0.39, 0.29) is 17.2 Å². The second-order valence-corrected chi connectivity index (χ2v) is 5.06. The Kier molecular flexibility index (Phi) is 4.02. The SMILES string of the molecule is CC(C)Cc1c(C(=O)O)nnn1-c1cccc(C(=O)O)c1. The van der Waals surface area contributed by atoms with Crippen molar-refractivity contribution in [1.29, 1.82) is 0 Å². The fourth-order valence-corrected chi connectivity index (χ4v) is 2.02. The normalized spacial score (nSPS) is 10.8. The number of hydrogen-bond acceptors (Lipinski definition) is 4. The molecule has 2 aromatic rings. The van der Waals surface area contributed by atoms with Gasteiger partial charge in [0.25, 0.3) is 0 Å². The molecular formula is C14H15N3O4. The Morgan fingerprint density at radius 1 is 1.24 bits per heavy atom. The van der Waals surface area contributed by atoms with Gasteiger partial charge in [-0.15, -0.1) is 5.10 Å². The van der Waals surface area contributed by atoms with Gasteiger partial charge in [-0.1, -0.05) is 25.1 Å². The van der Waals surface area contributed by atoms with Crippen molar-refractivity contribution in [2.75, 3.05) is 0 Å². The van der Waals surface area contributed by atoms with Crippen molar-refractivity contribution in [1.82, 2.24) is 15.0 Å². The highest BCUT2D eigenvalue weighted by molar-refractivity contribution is 5.88. The highest BCUT2D eigenvalue weighted by atomic mass is 16.4. The fourth-order valence-electron chi connectivity index (χ4n) is 2.02. The molecule has 0 fully saturated rings. The Morgan fingerprint density at radius 2 is 1.95 bits per heavy atom. The summed E-state index contributed by atoms with van der Waals surface area (Å²) >= 11 is 0. The van der Waals surface area contributed by atoms with Gasteiger partial charge in [-0.25, -0.2) is 14.3 Å². The molecule has 0 aliphatic heterocycles. The van der Waals surface area contributed by atoms with Gasteiger partial charge >= 0.3 is 11.9 Å². The van der Waals surface area contributed by atoms with Crippen molar-refractivity contribution in [3.63, 3.8) is 0 Å². The standard InChI is InChI=1S/C14H15N3O4/c1-8(2)6-11-12(14(20)21)15-16-17(11)10-5-3-4-9(7-10)13(18)19/h3-5,7-8H,6H2,1-2H3,(H,18,19)(H,20,21). The molecular weight excluding hydrogens is 274 g/mol. The summed E-state index contributed by atoms with van der Waals surface area (Å²) in [5.41, 5.74) is 0.936. The second kappa shape index (κ2) is 5.74. The van der Waals surface area contributed by atoms with E-state index in [1.807, 2.05) is 13.8 Å². The van der Waals surface area contributed by atoms with Crippen LogP contribution < -0.4 is 0 Å². The van der Waals surface area contributed by atoms with Gasteiger partial charge in [0.05, 0.1) is 16.9 Å². The quantitative estimate of drug-likeness (QED) is 0.870. The van der Waals surface area contributed by atoms with Crippen LogP contribution in [0.1, 0.15) is 40.4 Å². The fraction of sp³-hybridized carbons (Fsp3) is 0.286. The minimum atomic E-state index is -1.15. The van der Waals surface area contributed by atoms with Gasteiger partial charge < -0.3 is 10.2 Å². The molecule has 1 aromatic heterocycles. The molecule has 0 atom stereocenters.